The molecule has 1 atom stereocenters. The van der Waals surface area contributed by atoms with Crippen LogP contribution in [0.15, 0.2) is 34.9 Å². The van der Waals surface area contributed by atoms with E-state index in [-0.39, 0.29) is 18.1 Å². The van der Waals surface area contributed by atoms with Gasteiger partial charge in [-0.25, -0.2) is 0 Å². The van der Waals surface area contributed by atoms with Gasteiger partial charge in [0.05, 0.1) is 0 Å². The van der Waals surface area contributed by atoms with E-state index in [9.17, 15) is 14.4 Å². The van der Waals surface area contributed by atoms with Crippen molar-refractivity contribution in [3.8, 4) is 0 Å². The number of aromatic nitrogens is 1. The lowest BCUT2D eigenvalue weighted by atomic mass is 10.2. The minimum absolute atomic E-state index is 0.0710. The zero-order valence-electron chi connectivity index (χ0n) is 15.0. The molecule has 2 rings (SSSR count). The second-order valence-electron chi connectivity index (χ2n) is 5.81. The molecule has 27 heavy (non-hydrogen) atoms. The van der Waals surface area contributed by atoms with E-state index in [2.05, 4.69) is 15.8 Å². The first-order chi connectivity index (χ1) is 12.8. The molecule has 0 aliphatic rings. The Kier molecular flexibility index (Phi) is 7.36. The Bertz CT molecular complexity index is 804. The molecule has 0 radical (unpaired) electrons. The number of hydrogen-bond donors (Lipinski definition) is 2. The van der Waals surface area contributed by atoms with Crippen molar-refractivity contribution >= 4 is 35.2 Å². The predicted octanol–water partition coefficient (Wildman–Crippen LogP) is 2.72. The Balaban J connectivity index is 1.65. The highest BCUT2D eigenvalue weighted by Crippen LogP contribution is 2.10. The van der Waals surface area contributed by atoms with Crippen LogP contribution in [0.3, 0.4) is 0 Å². The van der Waals surface area contributed by atoms with E-state index >= 15 is 0 Å². The van der Waals surface area contributed by atoms with Gasteiger partial charge in [0.2, 0.25) is 0 Å². The minimum Gasteiger partial charge on any atom is -0.453 e. The monoisotopic (exact) mass is 393 g/mol. The molecule has 2 amide bonds. The summed E-state index contributed by atoms with van der Waals surface area (Å²) in [6.45, 7) is 3.45. The van der Waals surface area contributed by atoms with Crippen LogP contribution in [0.25, 0.3) is 0 Å². The number of carbonyl (C=O) groups excluding carboxylic acids is 3. The number of ether oxygens (including phenoxy) is 1. The third-order valence-electron chi connectivity index (χ3n) is 3.51. The Hall–Kier alpha value is -2.87. The molecule has 0 aliphatic carbocycles. The average Bonchev–Trinajstić information content (AvgIpc) is 3.03. The van der Waals surface area contributed by atoms with Crippen molar-refractivity contribution in [2.75, 3.05) is 11.9 Å². The molecule has 0 bridgehead atoms. The summed E-state index contributed by atoms with van der Waals surface area (Å²) in [5, 5.41) is 9.36. The molecule has 1 aromatic heterocycles. The van der Waals surface area contributed by atoms with E-state index in [0.29, 0.717) is 29.3 Å². The lowest BCUT2D eigenvalue weighted by Gasteiger charge is -2.12. The number of amides is 2. The van der Waals surface area contributed by atoms with Crippen LogP contribution in [0, 0.1) is 6.92 Å². The van der Waals surface area contributed by atoms with Crippen LogP contribution in [0.1, 0.15) is 35.9 Å². The fourth-order valence-corrected chi connectivity index (χ4v) is 2.23. The van der Waals surface area contributed by atoms with Crippen molar-refractivity contribution in [3.05, 3.63) is 46.7 Å². The maximum atomic E-state index is 11.9. The number of aryl methyl sites for hydroxylation is 1. The highest BCUT2D eigenvalue weighted by molar-refractivity contribution is 6.30. The third kappa shape index (κ3) is 6.74. The van der Waals surface area contributed by atoms with Gasteiger partial charge in [0.25, 0.3) is 11.8 Å². The van der Waals surface area contributed by atoms with Gasteiger partial charge in [-0.3, -0.25) is 14.4 Å². The highest BCUT2D eigenvalue weighted by atomic mass is 35.5. The van der Waals surface area contributed by atoms with Crippen molar-refractivity contribution in [2.24, 2.45) is 0 Å². The van der Waals surface area contributed by atoms with Crippen molar-refractivity contribution in [1.82, 2.24) is 10.5 Å². The SMILES string of the molecule is Cc1cc(NC(=O)C(C)OC(=O)CCCNC(=O)c2ccc(Cl)cc2)no1. The van der Waals surface area contributed by atoms with E-state index in [1.165, 1.54) is 6.92 Å². The molecule has 1 heterocycles. The average molecular weight is 394 g/mol. The predicted molar refractivity (Wildman–Crippen MR) is 98.4 cm³/mol. The summed E-state index contributed by atoms with van der Waals surface area (Å²) in [6, 6.07) is 8.03. The van der Waals surface area contributed by atoms with E-state index in [0.717, 1.165) is 0 Å². The lowest BCUT2D eigenvalue weighted by molar-refractivity contribution is -0.153. The summed E-state index contributed by atoms with van der Waals surface area (Å²) in [6.07, 6.45) is -0.519. The van der Waals surface area contributed by atoms with Crippen LogP contribution in [0.5, 0.6) is 0 Å². The smallest absolute Gasteiger partial charge is 0.306 e. The zero-order valence-corrected chi connectivity index (χ0v) is 15.7. The maximum Gasteiger partial charge on any atom is 0.306 e. The maximum absolute atomic E-state index is 11.9. The van der Waals surface area contributed by atoms with E-state index < -0.39 is 18.0 Å². The summed E-state index contributed by atoms with van der Waals surface area (Å²) in [7, 11) is 0. The van der Waals surface area contributed by atoms with Gasteiger partial charge in [-0.15, -0.1) is 0 Å². The number of halogens is 1. The van der Waals surface area contributed by atoms with Crippen LogP contribution in [0.4, 0.5) is 5.82 Å². The van der Waals surface area contributed by atoms with Gasteiger partial charge in [-0.2, -0.15) is 0 Å². The van der Waals surface area contributed by atoms with Crippen LogP contribution < -0.4 is 10.6 Å². The summed E-state index contributed by atoms with van der Waals surface area (Å²) < 4.78 is 9.89. The first-order valence-electron chi connectivity index (χ1n) is 8.32. The molecular formula is C18H20ClN3O5. The second kappa shape index (κ2) is 9.72. The molecular weight excluding hydrogens is 374 g/mol. The standard InChI is InChI=1S/C18H20ClN3O5/c1-11-10-15(22-27-11)21-17(24)12(2)26-16(23)4-3-9-20-18(25)13-5-7-14(19)8-6-13/h5-8,10,12H,3-4,9H2,1-2H3,(H,20,25)(H,21,22,24). The number of anilines is 1. The summed E-state index contributed by atoms with van der Waals surface area (Å²) in [4.78, 5) is 35.6. The first kappa shape index (κ1) is 20.4. The summed E-state index contributed by atoms with van der Waals surface area (Å²) in [5.74, 6) is -0.487. The highest BCUT2D eigenvalue weighted by Gasteiger charge is 2.19. The van der Waals surface area contributed by atoms with Crippen molar-refractivity contribution in [1.29, 1.82) is 0 Å². The van der Waals surface area contributed by atoms with Crippen molar-refractivity contribution < 1.29 is 23.6 Å². The van der Waals surface area contributed by atoms with Gasteiger partial charge in [0.1, 0.15) is 5.76 Å². The Morgan fingerprint density at radius 2 is 1.96 bits per heavy atom. The molecule has 9 heteroatoms. The van der Waals surface area contributed by atoms with Crippen molar-refractivity contribution in [2.45, 2.75) is 32.8 Å². The lowest BCUT2D eigenvalue weighted by Crippen LogP contribution is -2.30. The van der Waals surface area contributed by atoms with E-state index in [1.807, 2.05) is 0 Å². The topological polar surface area (TPSA) is 111 Å². The fraction of sp³-hybridized carbons (Fsp3) is 0.333. The van der Waals surface area contributed by atoms with Crippen LogP contribution in [-0.2, 0) is 14.3 Å². The molecule has 2 aromatic rings. The van der Waals surface area contributed by atoms with E-state index in [1.54, 1.807) is 37.3 Å². The fourth-order valence-electron chi connectivity index (χ4n) is 2.10. The number of nitrogens with one attached hydrogen (secondary N) is 2. The normalized spacial score (nSPS) is 11.5. The molecule has 0 spiro atoms. The Morgan fingerprint density at radius 1 is 1.26 bits per heavy atom. The summed E-state index contributed by atoms with van der Waals surface area (Å²) in [5.41, 5.74) is 0.482. The zero-order chi connectivity index (χ0) is 19.8. The molecule has 0 aliphatic heterocycles. The summed E-state index contributed by atoms with van der Waals surface area (Å²) >= 11 is 5.77. The molecule has 1 aromatic carbocycles. The number of nitrogens with zero attached hydrogens (tertiary/aromatic N) is 1. The Morgan fingerprint density at radius 3 is 2.59 bits per heavy atom. The number of benzene rings is 1. The molecule has 144 valence electrons. The molecule has 2 N–H and O–H groups in total. The molecule has 0 fully saturated rings. The van der Waals surface area contributed by atoms with Gasteiger partial charge in [-0.05, 0) is 44.5 Å². The van der Waals surface area contributed by atoms with Crippen LogP contribution in [0.2, 0.25) is 5.02 Å². The minimum atomic E-state index is -0.974. The van der Waals surface area contributed by atoms with Crippen LogP contribution in [-0.4, -0.2) is 35.6 Å². The third-order valence-corrected chi connectivity index (χ3v) is 3.76. The van der Waals surface area contributed by atoms with E-state index in [4.69, 9.17) is 20.9 Å². The van der Waals surface area contributed by atoms with Crippen LogP contribution >= 0.6 is 11.6 Å². The second-order valence-corrected chi connectivity index (χ2v) is 6.25. The van der Waals surface area contributed by atoms with Gasteiger partial charge in [0.15, 0.2) is 11.9 Å². The molecule has 8 nitrogen and oxygen atoms in total. The van der Waals surface area contributed by atoms with Gasteiger partial charge in [0, 0.05) is 29.6 Å². The first-order valence-corrected chi connectivity index (χ1v) is 8.70. The molecule has 0 saturated carbocycles. The Labute approximate surface area is 161 Å². The molecule has 0 saturated heterocycles. The quantitative estimate of drug-likeness (QED) is 0.527. The number of esters is 1. The van der Waals surface area contributed by atoms with Gasteiger partial charge < -0.3 is 19.9 Å². The number of hydrogen-bond acceptors (Lipinski definition) is 6. The van der Waals surface area contributed by atoms with Gasteiger partial charge in [-0.1, -0.05) is 16.8 Å². The van der Waals surface area contributed by atoms with Crippen molar-refractivity contribution in [3.63, 3.8) is 0 Å². The van der Waals surface area contributed by atoms with Gasteiger partial charge >= 0.3 is 5.97 Å². The number of carbonyl (C=O) groups is 3. The molecule has 1 unspecified atom stereocenters. The number of rotatable bonds is 8. The largest absolute Gasteiger partial charge is 0.453 e.